The summed E-state index contributed by atoms with van der Waals surface area (Å²) < 4.78 is 1.41. The summed E-state index contributed by atoms with van der Waals surface area (Å²) in [6.45, 7) is 0. The number of Topliss-reactive ketones (excluding diaryl/α,β-unsaturated/α-hetero) is 3. The first-order valence-electron chi connectivity index (χ1n) is 16.9. The molecule has 3 aliphatic rings. The number of aromatic nitrogens is 7. The highest BCUT2D eigenvalue weighted by Gasteiger charge is 2.30. The van der Waals surface area contributed by atoms with Crippen LogP contribution in [0.15, 0.2) is 90.6 Å². The second-order valence-electron chi connectivity index (χ2n) is 12.3. The minimum Gasteiger partial charge on any atom is -0.493 e. The third-order valence-electron chi connectivity index (χ3n) is 8.30. The largest absolute Gasteiger partial charge is 0.493 e. The number of nitrogens with one attached hydrogen (secondary N) is 6. The van der Waals surface area contributed by atoms with Crippen LogP contribution in [-0.4, -0.2) is 79.7 Å². The Kier molecular flexibility index (Phi) is 16.7. The van der Waals surface area contributed by atoms with Crippen molar-refractivity contribution in [2.45, 2.75) is 13.8 Å². The van der Waals surface area contributed by atoms with Gasteiger partial charge >= 0.3 is 0 Å². The molecule has 0 radical (unpaired) electrons. The lowest BCUT2D eigenvalue weighted by atomic mass is 10.2. The first-order valence-corrected chi connectivity index (χ1v) is 19.6. The Bertz CT molecular complexity index is 3190. The van der Waals surface area contributed by atoms with E-state index in [9.17, 15) is 34.2 Å². The maximum atomic E-state index is 12.0. The molecule has 0 saturated heterocycles. The Morgan fingerprint density at radius 3 is 1.88 bits per heavy atom. The Morgan fingerprint density at radius 2 is 1.25 bits per heavy atom. The van der Waals surface area contributed by atoms with Crippen LogP contribution >= 0.6 is 66.7 Å². The summed E-state index contributed by atoms with van der Waals surface area (Å²) in [6.07, 6.45) is 7.54. The molecule has 1 aliphatic carbocycles. The van der Waals surface area contributed by atoms with Gasteiger partial charge in [-0.05, 0) is 62.2 Å². The van der Waals surface area contributed by atoms with E-state index in [2.05, 4.69) is 92.4 Å². The van der Waals surface area contributed by atoms with Gasteiger partial charge in [0.2, 0.25) is 23.3 Å². The molecular weight excluding hydrogens is 1050 g/mol. The number of halogens is 5. The summed E-state index contributed by atoms with van der Waals surface area (Å²) in [4.78, 5) is 84.7. The van der Waals surface area contributed by atoms with Crippen molar-refractivity contribution in [1.29, 1.82) is 16.6 Å². The molecule has 2 aliphatic heterocycles. The molecule has 0 fully saturated rings. The fourth-order valence-electron chi connectivity index (χ4n) is 5.59. The van der Waals surface area contributed by atoms with Crippen molar-refractivity contribution in [3.63, 3.8) is 0 Å². The Hall–Kier alpha value is -7.16. The SMILES string of the molecule is C.N=N.N=Nc1c(O)[nH]c2ncc(Cl)cc12.O.O=C1Cc2ncc(Br)cc2C1=O.O=C1N=c2ncc(Br)cc2=C1N=Nc1c(O)[nH]c2ncc(Cl)cc12.O=C1Nc2ncc(Cl)cc2C1=O.[HH]. The highest BCUT2D eigenvalue weighted by atomic mass is 79.9. The van der Waals surface area contributed by atoms with Crippen LogP contribution in [0.1, 0.15) is 35.3 Å². The molecule has 0 spiro atoms. The number of carbonyl (C=O) groups excluding carboxylic acids is 5. The van der Waals surface area contributed by atoms with Gasteiger partial charge in [0, 0.05) is 46.9 Å². The van der Waals surface area contributed by atoms with Crippen LogP contribution in [0.2, 0.25) is 15.1 Å². The standard InChI is InChI=1S/C14H6BrClN6O2.C8H4BrNO2.C7H5ClN4O.C7H3ClN2O2.CH4.H2N2.H2O.H2/c15-5-1-7-9(13(23)19-11(7)17-3-5)21-22-10-8-2-6(16)4-18-12(8)20-14(10)24;9-4-1-5-6(10-3-4)2-7(11)8(5)12;8-3-1-4-5(12-9)7(13)11-6(4)10-2-3;8-3-1-4-5(11)7(12)10-6(4)9-2-3;;1-2;;/h1-4,24H,(H,18,20);1,3H,2H2;1-2,9,13H,(H,10,11);1-2H,(H,9,10,11,12);1H4;1-2H;1H2;1H. The molecule has 65 heavy (non-hydrogen) atoms. The number of hydrogen-bond acceptors (Lipinski definition) is 18. The monoisotopic (exact) mass is 1070 g/mol. The van der Waals surface area contributed by atoms with Crippen LogP contribution in [0.5, 0.6) is 11.8 Å². The first kappa shape index (κ1) is 50.5. The van der Waals surface area contributed by atoms with Crippen LogP contribution in [-0.2, 0) is 20.8 Å². The third-order valence-corrected chi connectivity index (χ3v) is 9.79. The molecule has 28 heteroatoms. The molecule has 9 heterocycles. The van der Waals surface area contributed by atoms with Gasteiger partial charge in [-0.1, -0.05) is 42.2 Å². The van der Waals surface area contributed by atoms with Gasteiger partial charge < -0.3 is 31.0 Å². The smallest absolute Gasteiger partial charge is 0.300 e. The van der Waals surface area contributed by atoms with Crippen molar-refractivity contribution in [2.24, 2.45) is 20.3 Å². The average Bonchev–Trinajstić information content (AvgIpc) is 4.01. The molecule has 7 aromatic rings. The number of aromatic amines is 2. The lowest BCUT2D eigenvalue weighted by molar-refractivity contribution is -0.114. The van der Waals surface area contributed by atoms with E-state index in [1.807, 2.05) is 0 Å². The quantitative estimate of drug-likeness (QED) is 0.0634. The number of rotatable bonds is 3. The number of aromatic hydroxyl groups is 2. The highest BCUT2D eigenvalue weighted by molar-refractivity contribution is 9.10. The fourth-order valence-corrected chi connectivity index (χ4v) is 6.73. The van der Waals surface area contributed by atoms with E-state index in [0.717, 1.165) is 4.47 Å². The van der Waals surface area contributed by atoms with E-state index in [1.165, 1.54) is 30.9 Å². The van der Waals surface area contributed by atoms with E-state index >= 15 is 0 Å². The van der Waals surface area contributed by atoms with E-state index in [4.69, 9.17) is 51.4 Å². The van der Waals surface area contributed by atoms with Gasteiger partial charge in [0.15, 0.2) is 22.6 Å². The summed E-state index contributed by atoms with van der Waals surface area (Å²) in [5, 5.41) is 35.3. The normalized spacial score (nSPS) is 12.7. The second-order valence-corrected chi connectivity index (χ2v) is 15.4. The summed E-state index contributed by atoms with van der Waals surface area (Å²) in [6, 6.07) is 7.91. The molecule has 23 nitrogen and oxygen atoms in total. The molecule has 7 aromatic heterocycles. The first-order chi connectivity index (χ1) is 30.1. The molecule has 2 amide bonds. The van der Waals surface area contributed by atoms with Gasteiger partial charge in [-0.3, -0.25) is 29.0 Å². The van der Waals surface area contributed by atoms with Gasteiger partial charge in [0.05, 0.1) is 48.7 Å². The minimum atomic E-state index is -0.653. The van der Waals surface area contributed by atoms with E-state index in [0.29, 0.717) is 58.1 Å². The molecule has 10 N–H and O–H groups in total. The summed E-state index contributed by atoms with van der Waals surface area (Å²) in [7, 11) is 0. The Labute approximate surface area is 395 Å². The van der Waals surface area contributed by atoms with Crippen LogP contribution in [0.3, 0.4) is 0 Å². The Balaban J connectivity index is 0.000000239. The number of H-pyrrole nitrogens is 2. The number of pyridine rings is 5. The molecule has 0 saturated carbocycles. The lowest BCUT2D eigenvalue weighted by Crippen LogP contribution is -2.25. The van der Waals surface area contributed by atoms with E-state index in [-0.39, 0.29) is 72.2 Å². The number of amides is 2. The van der Waals surface area contributed by atoms with Crippen molar-refractivity contribution in [1.82, 2.24) is 34.9 Å². The summed E-state index contributed by atoms with van der Waals surface area (Å²) in [5.74, 6) is -2.67. The van der Waals surface area contributed by atoms with Gasteiger partial charge in [0.25, 0.3) is 17.6 Å². The zero-order valence-corrected chi connectivity index (χ0v) is 36.8. The minimum absolute atomic E-state index is 0. The topological polar surface area (TPSA) is 386 Å². The average molecular weight is 1080 g/mol. The molecular formula is C37H28Br2Cl3N15O8. The maximum absolute atomic E-state index is 12.0. The molecule has 334 valence electrons. The Morgan fingerprint density at radius 1 is 0.692 bits per heavy atom. The van der Waals surface area contributed by atoms with Crippen molar-refractivity contribution in [3.8, 4) is 11.8 Å². The van der Waals surface area contributed by atoms with Crippen molar-refractivity contribution < 1.29 is 41.1 Å². The predicted molar refractivity (Wildman–Crippen MR) is 241 cm³/mol. The van der Waals surface area contributed by atoms with Gasteiger partial charge in [-0.2, -0.15) is 10.1 Å². The summed E-state index contributed by atoms with van der Waals surface area (Å²) >= 11 is 23.7. The van der Waals surface area contributed by atoms with Crippen molar-refractivity contribution >= 4 is 141 Å². The molecule has 0 bridgehead atoms. The van der Waals surface area contributed by atoms with Crippen LogP contribution in [0.25, 0.3) is 27.8 Å². The van der Waals surface area contributed by atoms with Gasteiger partial charge in [0.1, 0.15) is 17.1 Å². The summed E-state index contributed by atoms with van der Waals surface area (Å²) in [5.41, 5.74) is 19.6. The number of azo groups is 1. The van der Waals surface area contributed by atoms with Crippen LogP contribution < -0.4 is 16.0 Å². The molecule has 0 unspecified atom stereocenters. The van der Waals surface area contributed by atoms with Crippen molar-refractivity contribution in [2.75, 3.05) is 5.32 Å². The highest BCUT2D eigenvalue weighted by Crippen LogP contribution is 2.37. The zero-order chi connectivity index (χ0) is 45.7. The number of anilines is 1. The number of fused-ring (bicyclic) bond motifs is 5. The van der Waals surface area contributed by atoms with Crippen LogP contribution in [0.4, 0.5) is 17.2 Å². The number of carbonyl (C=O) groups is 5. The second kappa shape index (κ2) is 21.5. The zero-order valence-electron chi connectivity index (χ0n) is 31.3. The number of nitrogens with zero attached hydrogens (tertiary/aromatic N) is 9. The third kappa shape index (κ3) is 11.0. The van der Waals surface area contributed by atoms with Crippen LogP contribution in [0, 0.1) is 16.6 Å². The maximum Gasteiger partial charge on any atom is 0.300 e. The lowest BCUT2D eigenvalue weighted by Gasteiger charge is -1.94. The predicted octanol–water partition coefficient (Wildman–Crippen LogP) is 7.39. The number of ketones is 3. The molecule has 0 aromatic carbocycles. The molecule has 0 atom stereocenters. The van der Waals surface area contributed by atoms with E-state index < -0.39 is 23.4 Å². The number of hydrogen-bond donors (Lipinski definition) is 8. The fraction of sp³-hybridized carbons (Fsp3) is 0.0541. The van der Waals surface area contributed by atoms with Crippen molar-refractivity contribution in [3.05, 3.63) is 113 Å². The van der Waals surface area contributed by atoms with Gasteiger partial charge in [-0.25, -0.2) is 36.5 Å². The molecule has 10 rings (SSSR count). The van der Waals surface area contributed by atoms with Gasteiger partial charge in [-0.15, -0.1) is 10.2 Å². The van der Waals surface area contributed by atoms with E-state index in [1.54, 1.807) is 30.5 Å².